The SMILES string of the molecule is Cc1ncsc1C(=O)Nc1cn(CCCCCCCn2cc(NC(=O)c3scnc3C)nc2C(=O)Nc2cc(C(=O)NCCCN(C)C)n(C)c2)c(C(=O)Nc2cc(C(=O)NCCCN(C)C)n(C)c2)n1. The molecule has 6 aromatic rings. The minimum Gasteiger partial charge on any atom is -0.351 e. The second-order valence-electron chi connectivity index (χ2n) is 17.7. The Morgan fingerprint density at radius 3 is 1.28 bits per heavy atom. The predicted octanol–water partition coefficient (Wildman–Crippen LogP) is 5.31. The third-order valence-electron chi connectivity index (χ3n) is 11.3. The lowest BCUT2D eigenvalue weighted by Gasteiger charge is -2.10. The highest BCUT2D eigenvalue weighted by Gasteiger charge is 2.23. The summed E-state index contributed by atoms with van der Waals surface area (Å²) in [6, 6.07) is 3.22. The number of amides is 6. The van der Waals surface area contributed by atoms with Crippen molar-refractivity contribution in [3.63, 3.8) is 0 Å². The van der Waals surface area contributed by atoms with Crippen LogP contribution in [-0.2, 0) is 27.2 Å². The van der Waals surface area contributed by atoms with Gasteiger partial charge in [0.25, 0.3) is 35.4 Å². The van der Waals surface area contributed by atoms with Gasteiger partial charge < -0.3 is 60.0 Å². The van der Waals surface area contributed by atoms with Crippen LogP contribution in [0.25, 0.3) is 0 Å². The quantitative estimate of drug-likeness (QED) is 0.0379. The van der Waals surface area contributed by atoms with E-state index < -0.39 is 11.8 Å². The Morgan fingerprint density at radius 2 is 0.915 bits per heavy atom. The molecule has 6 aromatic heterocycles. The van der Waals surface area contributed by atoms with Crippen LogP contribution in [-0.4, -0.2) is 138 Å². The first-order valence-corrected chi connectivity index (χ1v) is 25.1. The minimum atomic E-state index is -0.509. The number of rotatable bonds is 26. The van der Waals surface area contributed by atoms with E-state index >= 15 is 0 Å². The van der Waals surface area contributed by atoms with Crippen molar-refractivity contribution in [1.29, 1.82) is 0 Å². The zero-order valence-electron chi connectivity index (χ0n) is 41.5. The molecule has 6 heterocycles. The summed E-state index contributed by atoms with van der Waals surface area (Å²) >= 11 is 2.42. The van der Waals surface area contributed by atoms with Gasteiger partial charge >= 0.3 is 0 Å². The van der Waals surface area contributed by atoms with Crippen molar-refractivity contribution in [1.82, 2.24) is 58.6 Å². The summed E-state index contributed by atoms with van der Waals surface area (Å²) in [4.78, 5) is 102. The fourth-order valence-corrected chi connectivity index (χ4v) is 9.00. The van der Waals surface area contributed by atoms with Gasteiger partial charge in [0.1, 0.15) is 21.1 Å². The fraction of sp³-hybridized carbons (Fsp3) is 0.447. The van der Waals surface area contributed by atoms with Crippen molar-refractivity contribution in [2.75, 3.05) is 75.6 Å². The van der Waals surface area contributed by atoms with Crippen LogP contribution in [0.5, 0.6) is 0 Å². The number of hydrogen-bond donors (Lipinski definition) is 6. The Hall–Kier alpha value is -7.02. The molecule has 6 rings (SSSR count). The highest BCUT2D eigenvalue weighted by Crippen LogP contribution is 2.22. The Morgan fingerprint density at radius 1 is 0.521 bits per heavy atom. The number of hydrogen-bond acceptors (Lipinski definition) is 14. The van der Waals surface area contributed by atoms with E-state index in [9.17, 15) is 28.8 Å². The van der Waals surface area contributed by atoms with E-state index in [0.717, 1.165) is 45.2 Å². The number of unbranched alkanes of at least 4 members (excludes halogenated alkanes) is 4. The maximum atomic E-state index is 13.8. The van der Waals surface area contributed by atoms with Crippen LogP contribution in [0, 0.1) is 13.8 Å². The summed E-state index contributed by atoms with van der Waals surface area (Å²) < 4.78 is 6.71. The van der Waals surface area contributed by atoms with Gasteiger partial charge in [-0.2, -0.15) is 0 Å². The van der Waals surface area contributed by atoms with E-state index in [1.165, 1.54) is 22.7 Å². The van der Waals surface area contributed by atoms with Crippen LogP contribution in [0.4, 0.5) is 23.0 Å². The van der Waals surface area contributed by atoms with Crippen molar-refractivity contribution in [2.24, 2.45) is 14.1 Å². The average molecular weight is 1010 g/mol. The smallest absolute Gasteiger partial charge is 0.291 e. The highest BCUT2D eigenvalue weighted by atomic mass is 32.1. The van der Waals surface area contributed by atoms with Gasteiger partial charge in [0.05, 0.1) is 33.8 Å². The van der Waals surface area contributed by atoms with Gasteiger partial charge in [0.2, 0.25) is 11.6 Å². The zero-order valence-corrected chi connectivity index (χ0v) is 43.2. The van der Waals surface area contributed by atoms with Gasteiger partial charge in [0, 0.05) is 65.1 Å². The third-order valence-corrected chi connectivity index (χ3v) is 13.1. The third kappa shape index (κ3) is 15.0. The molecule has 0 unspecified atom stereocenters. The van der Waals surface area contributed by atoms with E-state index in [-0.39, 0.29) is 46.9 Å². The van der Waals surface area contributed by atoms with Crippen molar-refractivity contribution in [3.05, 3.63) is 92.1 Å². The number of nitrogens with zero attached hydrogens (tertiary/aromatic N) is 10. The normalized spacial score (nSPS) is 11.3. The van der Waals surface area contributed by atoms with E-state index in [1.807, 2.05) is 38.0 Å². The van der Waals surface area contributed by atoms with E-state index in [2.05, 4.69) is 51.8 Å². The highest BCUT2D eigenvalue weighted by molar-refractivity contribution is 7.12. The van der Waals surface area contributed by atoms with Crippen LogP contribution in [0.2, 0.25) is 0 Å². The van der Waals surface area contributed by atoms with Gasteiger partial charge in [-0.3, -0.25) is 28.8 Å². The molecular formula is C47H64N16O6S2. The molecule has 0 aliphatic carbocycles. The average Bonchev–Trinajstić information content (AvgIpc) is 4.19. The number of carbonyl (C=O) groups excluding carboxylic acids is 6. The molecule has 0 fully saturated rings. The van der Waals surface area contributed by atoms with Gasteiger partial charge in [0.15, 0.2) is 11.6 Å². The largest absolute Gasteiger partial charge is 0.351 e. The first kappa shape index (κ1) is 53.3. The molecule has 6 N–H and O–H groups in total. The number of anilines is 4. The van der Waals surface area contributed by atoms with Crippen LogP contribution < -0.4 is 31.9 Å². The molecule has 0 spiro atoms. The van der Waals surface area contributed by atoms with Crippen LogP contribution >= 0.6 is 22.7 Å². The number of aromatic nitrogens is 8. The Balaban J connectivity index is 1.07. The second-order valence-corrected chi connectivity index (χ2v) is 19.4. The second kappa shape index (κ2) is 25.2. The molecule has 0 bridgehead atoms. The fourth-order valence-electron chi connectivity index (χ4n) is 7.60. The van der Waals surface area contributed by atoms with Crippen molar-refractivity contribution < 1.29 is 28.8 Å². The molecule has 0 atom stereocenters. The van der Waals surface area contributed by atoms with E-state index in [4.69, 9.17) is 0 Å². The lowest BCUT2D eigenvalue weighted by atomic mass is 10.1. The molecule has 0 aliphatic rings. The molecule has 24 heteroatoms. The summed E-state index contributed by atoms with van der Waals surface area (Å²) in [5, 5.41) is 17.2. The van der Waals surface area contributed by atoms with Crippen LogP contribution in [0.15, 0.2) is 47.9 Å². The Kier molecular flexibility index (Phi) is 18.9. The molecule has 0 aromatic carbocycles. The molecule has 0 saturated heterocycles. The lowest BCUT2D eigenvalue weighted by molar-refractivity contribution is 0.0936. The number of thiazole rings is 2. The van der Waals surface area contributed by atoms with Gasteiger partial charge in [-0.1, -0.05) is 19.3 Å². The summed E-state index contributed by atoms with van der Waals surface area (Å²) in [7, 11) is 11.4. The topological polar surface area (TPSA) is 252 Å². The monoisotopic (exact) mass is 1010 g/mol. The maximum Gasteiger partial charge on any atom is 0.291 e. The summed E-state index contributed by atoms with van der Waals surface area (Å²) in [6.07, 6.45) is 11.9. The maximum absolute atomic E-state index is 13.8. The molecule has 6 amide bonds. The summed E-state index contributed by atoms with van der Waals surface area (Å²) in [5.41, 5.74) is 5.96. The minimum absolute atomic E-state index is 0.0878. The molecule has 22 nitrogen and oxygen atoms in total. The van der Waals surface area contributed by atoms with Gasteiger partial charge in [-0.25, -0.2) is 19.9 Å². The number of carbonyl (C=O) groups is 6. The predicted molar refractivity (Wildman–Crippen MR) is 275 cm³/mol. The molecule has 0 aliphatic heterocycles. The summed E-state index contributed by atoms with van der Waals surface area (Å²) in [6.45, 7) is 7.03. The standard InChI is InChI=1S/C47H64N16O6S2/c1-30-38(70-28-50-30)44(66)56-36-26-62(40(54-36)46(68)52-32-22-34(60(7)24-32)42(64)48-16-14-18-58(3)4)20-12-10-9-11-13-21-63-27-37(57-45(67)39-31(2)51-29-71-39)55-41(63)47(69)53-33-23-35(61(8)25-33)43(65)49-17-15-19-59(5)6/h22-29H,9-21H2,1-8H3,(H,48,64)(H,49,65)(H,52,68)(H,53,69)(H,56,66)(H,57,67). The van der Waals surface area contributed by atoms with Gasteiger partial charge in [-0.15, -0.1) is 22.7 Å². The Bertz CT molecular complexity index is 2620. The molecule has 0 saturated carbocycles. The van der Waals surface area contributed by atoms with E-state index in [0.29, 0.717) is 82.9 Å². The van der Waals surface area contributed by atoms with Crippen molar-refractivity contribution in [2.45, 2.75) is 71.9 Å². The van der Waals surface area contributed by atoms with E-state index in [1.54, 1.807) is 94.2 Å². The lowest BCUT2D eigenvalue weighted by Crippen LogP contribution is -2.28. The number of nitrogens with one attached hydrogen (secondary N) is 6. The first-order valence-electron chi connectivity index (χ1n) is 23.4. The van der Waals surface area contributed by atoms with Crippen LogP contribution in [0.1, 0.15) is 118 Å². The summed E-state index contributed by atoms with van der Waals surface area (Å²) in [5.74, 6) is -1.69. The molecule has 380 valence electrons. The Labute approximate surface area is 420 Å². The molecule has 0 radical (unpaired) electrons. The number of aryl methyl sites for hydroxylation is 6. The molecule has 71 heavy (non-hydrogen) atoms. The first-order chi connectivity index (χ1) is 34.0. The van der Waals surface area contributed by atoms with Crippen LogP contribution in [0.3, 0.4) is 0 Å². The van der Waals surface area contributed by atoms with Crippen molar-refractivity contribution >= 4 is 81.1 Å². The zero-order chi connectivity index (χ0) is 51.2. The molecular weight excluding hydrogens is 949 g/mol. The van der Waals surface area contributed by atoms with Crippen molar-refractivity contribution in [3.8, 4) is 0 Å². The number of imidazole rings is 2. The van der Waals surface area contributed by atoms with Gasteiger partial charge in [-0.05, 0) is 92.9 Å².